The van der Waals surface area contributed by atoms with Crippen LogP contribution in [0.25, 0.3) is 0 Å². The number of carbonyl (C=O) groups excluding carboxylic acids is 1. The molecular weight excluding hydrogens is 214 g/mol. The Kier molecular flexibility index (Phi) is 2.35. The van der Waals surface area contributed by atoms with Crippen LogP contribution < -0.4 is 0 Å². The van der Waals surface area contributed by atoms with Gasteiger partial charge in [-0.15, -0.1) is 0 Å². The number of hydrogen-bond donors (Lipinski definition) is 0. The van der Waals surface area contributed by atoms with Gasteiger partial charge in [0.15, 0.2) is 5.76 Å². The van der Waals surface area contributed by atoms with E-state index in [0.717, 1.165) is 6.34 Å². The van der Waals surface area contributed by atoms with Gasteiger partial charge in [-0.1, -0.05) is 0 Å². The number of carbonyl (C=O) groups is 1. The van der Waals surface area contributed by atoms with Crippen LogP contribution in [0.4, 0.5) is 0 Å². The number of rotatable bonds is 2. The Morgan fingerprint density at radius 1 is 1.56 bits per heavy atom. The standard InChI is InChI=1S/C9H7N3O4/c1-16-8-2-5-6(3-7(8)12(14)15)10-4-11-9(5)13/h2-5H,1H3. The number of fused-ring (bicyclic) bond motifs is 1. The zero-order valence-corrected chi connectivity index (χ0v) is 8.28. The number of nitrogens with zero attached hydrogens (tertiary/aromatic N) is 3. The molecule has 82 valence electrons. The Morgan fingerprint density at radius 3 is 2.94 bits per heavy atom. The molecule has 0 aromatic heterocycles. The molecule has 7 heteroatoms. The average molecular weight is 221 g/mol. The number of methoxy groups -OCH3 is 1. The molecule has 1 aliphatic carbocycles. The second-order valence-electron chi connectivity index (χ2n) is 3.14. The van der Waals surface area contributed by atoms with E-state index in [-0.39, 0.29) is 11.5 Å². The summed E-state index contributed by atoms with van der Waals surface area (Å²) < 4.78 is 4.85. The third-order valence-corrected chi connectivity index (χ3v) is 2.25. The average Bonchev–Trinajstić information content (AvgIpc) is 2.28. The number of nitro groups is 1. The lowest BCUT2D eigenvalue weighted by atomic mass is 9.94. The lowest BCUT2D eigenvalue weighted by molar-refractivity contribution is -0.424. The maximum atomic E-state index is 11.4. The summed E-state index contributed by atoms with van der Waals surface area (Å²) in [5.74, 6) is -1.03. The number of amides is 1. The molecule has 1 amide bonds. The monoisotopic (exact) mass is 221 g/mol. The number of ether oxygens (including phenoxy) is 1. The van der Waals surface area contributed by atoms with E-state index in [9.17, 15) is 14.9 Å². The van der Waals surface area contributed by atoms with Crippen molar-refractivity contribution in [2.45, 2.75) is 0 Å². The molecule has 0 N–H and O–H groups in total. The molecule has 0 bridgehead atoms. The van der Waals surface area contributed by atoms with Crippen LogP contribution in [0, 0.1) is 16.0 Å². The van der Waals surface area contributed by atoms with E-state index in [2.05, 4.69) is 9.98 Å². The van der Waals surface area contributed by atoms with Crippen molar-refractivity contribution in [2.24, 2.45) is 15.9 Å². The van der Waals surface area contributed by atoms with Crippen molar-refractivity contribution in [1.29, 1.82) is 0 Å². The smallest absolute Gasteiger partial charge is 0.312 e. The summed E-state index contributed by atoms with van der Waals surface area (Å²) in [6.45, 7) is 0. The van der Waals surface area contributed by atoms with Crippen molar-refractivity contribution in [2.75, 3.05) is 7.11 Å². The van der Waals surface area contributed by atoms with Crippen LogP contribution in [0.3, 0.4) is 0 Å². The summed E-state index contributed by atoms with van der Waals surface area (Å²) >= 11 is 0. The molecule has 1 heterocycles. The predicted molar refractivity (Wildman–Crippen MR) is 54.6 cm³/mol. The summed E-state index contributed by atoms with van der Waals surface area (Å²) in [4.78, 5) is 28.9. The number of hydrogen-bond acceptors (Lipinski definition) is 5. The first-order valence-corrected chi connectivity index (χ1v) is 4.40. The van der Waals surface area contributed by atoms with Gasteiger partial charge in [-0.3, -0.25) is 14.9 Å². The van der Waals surface area contributed by atoms with Gasteiger partial charge in [-0.25, -0.2) is 9.98 Å². The largest absolute Gasteiger partial charge is 0.490 e. The van der Waals surface area contributed by atoms with Crippen LogP contribution in [0.15, 0.2) is 33.6 Å². The maximum absolute atomic E-state index is 11.4. The molecule has 0 fully saturated rings. The highest BCUT2D eigenvalue weighted by Crippen LogP contribution is 2.24. The normalized spacial score (nSPS) is 22.9. The summed E-state index contributed by atoms with van der Waals surface area (Å²) in [6, 6.07) is 0. The molecule has 2 rings (SSSR count). The van der Waals surface area contributed by atoms with Crippen molar-refractivity contribution >= 4 is 18.0 Å². The molecule has 0 radical (unpaired) electrons. The number of aliphatic imine (C=N–C) groups is 2. The zero-order valence-electron chi connectivity index (χ0n) is 8.28. The Hall–Kier alpha value is -2.31. The van der Waals surface area contributed by atoms with E-state index in [1.807, 2.05) is 0 Å². The highest BCUT2D eigenvalue weighted by Gasteiger charge is 2.33. The van der Waals surface area contributed by atoms with Crippen molar-refractivity contribution < 1.29 is 14.5 Å². The van der Waals surface area contributed by atoms with Gasteiger partial charge in [0.05, 0.1) is 17.7 Å². The van der Waals surface area contributed by atoms with Crippen molar-refractivity contribution in [1.82, 2.24) is 0 Å². The quantitative estimate of drug-likeness (QED) is 0.495. The second kappa shape index (κ2) is 3.69. The van der Waals surface area contributed by atoms with Gasteiger partial charge < -0.3 is 4.74 Å². The third-order valence-electron chi connectivity index (χ3n) is 2.25. The summed E-state index contributed by atoms with van der Waals surface area (Å²) in [5.41, 5.74) is 0.105. The predicted octanol–water partition coefficient (Wildman–Crippen LogP) is 0.317. The van der Waals surface area contributed by atoms with Gasteiger partial charge in [-0.05, 0) is 6.08 Å². The molecule has 7 nitrogen and oxygen atoms in total. The molecule has 1 aliphatic heterocycles. The molecule has 2 aliphatic rings. The van der Waals surface area contributed by atoms with Crippen molar-refractivity contribution in [3.8, 4) is 0 Å². The van der Waals surface area contributed by atoms with E-state index >= 15 is 0 Å². The fourth-order valence-corrected chi connectivity index (χ4v) is 1.49. The van der Waals surface area contributed by atoms with Crippen molar-refractivity contribution in [3.63, 3.8) is 0 Å². The van der Waals surface area contributed by atoms with E-state index in [4.69, 9.17) is 4.74 Å². The molecule has 0 aromatic carbocycles. The first-order chi connectivity index (χ1) is 7.63. The van der Waals surface area contributed by atoms with E-state index in [1.165, 1.54) is 19.3 Å². The SMILES string of the molecule is COC1=CC2C(=O)N=CN=C2C=C1[N+](=O)[O-]. The lowest BCUT2D eigenvalue weighted by Gasteiger charge is -2.17. The molecule has 0 saturated carbocycles. The Morgan fingerprint density at radius 2 is 2.31 bits per heavy atom. The highest BCUT2D eigenvalue weighted by molar-refractivity contribution is 6.18. The molecule has 1 unspecified atom stereocenters. The summed E-state index contributed by atoms with van der Waals surface area (Å²) in [7, 11) is 1.31. The molecule has 0 aromatic rings. The Balaban J connectivity index is 2.48. The topological polar surface area (TPSA) is 94.2 Å². The van der Waals surface area contributed by atoms with E-state index in [0.29, 0.717) is 5.71 Å². The maximum Gasteiger partial charge on any atom is 0.312 e. The van der Waals surface area contributed by atoms with Crippen LogP contribution in [-0.2, 0) is 9.53 Å². The first-order valence-electron chi connectivity index (χ1n) is 4.40. The fourth-order valence-electron chi connectivity index (χ4n) is 1.49. The van der Waals surface area contributed by atoms with Crippen LogP contribution in [0.1, 0.15) is 0 Å². The van der Waals surface area contributed by atoms with E-state index < -0.39 is 16.7 Å². The Bertz CT molecular complexity index is 487. The summed E-state index contributed by atoms with van der Waals surface area (Å²) in [5, 5.41) is 10.7. The van der Waals surface area contributed by atoms with Gasteiger partial charge in [0, 0.05) is 6.08 Å². The minimum atomic E-state index is -0.677. The zero-order chi connectivity index (χ0) is 11.7. The van der Waals surface area contributed by atoms with E-state index in [1.54, 1.807) is 0 Å². The first kappa shape index (κ1) is 10.2. The molecular formula is C9H7N3O4. The number of allylic oxidation sites excluding steroid dienone is 1. The van der Waals surface area contributed by atoms with Gasteiger partial charge in [0.25, 0.3) is 5.91 Å². The van der Waals surface area contributed by atoms with Gasteiger partial charge >= 0.3 is 5.70 Å². The third kappa shape index (κ3) is 1.52. The minimum absolute atomic E-state index is 0.0550. The van der Waals surface area contributed by atoms with Crippen LogP contribution >= 0.6 is 0 Å². The van der Waals surface area contributed by atoms with Gasteiger partial charge in [0.2, 0.25) is 0 Å². The van der Waals surface area contributed by atoms with Crippen LogP contribution in [-0.4, -0.2) is 30.0 Å². The second-order valence-corrected chi connectivity index (χ2v) is 3.14. The van der Waals surface area contributed by atoms with Gasteiger partial charge in [0.1, 0.15) is 12.3 Å². The van der Waals surface area contributed by atoms with Gasteiger partial charge in [-0.2, -0.15) is 0 Å². The fraction of sp³-hybridized carbons (Fsp3) is 0.222. The molecule has 16 heavy (non-hydrogen) atoms. The Labute approximate surface area is 90.0 Å². The molecule has 1 atom stereocenters. The molecule has 0 spiro atoms. The van der Waals surface area contributed by atoms with Crippen molar-refractivity contribution in [3.05, 3.63) is 33.7 Å². The van der Waals surface area contributed by atoms with Crippen LogP contribution in [0.2, 0.25) is 0 Å². The molecule has 0 saturated heterocycles. The minimum Gasteiger partial charge on any atom is -0.490 e. The summed E-state index contributed by atoms with van der Waals surface area (Å²) in [6.07, 6.45) is 3.68. The lowest BCUT2D eigenvalue weighted by Crippen LogP contribution is -2.27. The highest BCUT2D eigenvalue weighted by atomic mass is 16.6. The van der Waals surface area contributed by atoms with Crippen LogP contribution in [0.5, 0.6) is 0 Å².